The summed E-state index contributed by atoms with van der Waals surface area (Å²) in [7, 11) is 0. The van der Waals surface area contributed by atoms with Gasteiger partial charge in [-0.2, -0.15) is 5.10 Å². The van der Waals surface area contributed by atoms with Gasteiger partial charge in [0.25, 0.3) is 0 Å². The summed E-state index contributed by atoms with van der Waals surface area (Å²) in [6.45, 7) is 5.96. The number of furan rings is 1. The van der Waals surface area contributed by atoms with E-state index in [4.69, 9.17) is 28.2 Å². The number of halogens is 1. The topological polar surface area (TPSA) is 83.0 Å². The number of H-pyrrole nitrogens is 1. The van der Waals surface area contributed by atoms with E-state index in [1.807, 2.05) is 69.3 Å². The number of aryl methyl sites for hydroxylation is 3. The normalized spacial score (nSPS) is 11.1. The smallest absolute Gasteiger partial charge is 0.250 e. The van der Waals surface area contributed by atoms with Crippen LogP contribution >= 0.6 is 23.8 Å². The van der Waals surface area contributed by atoms with Crippen LogP contribution in [0.5, 0.6) is 0 Å². The van der Waals surface area contributed by atoms with Gasteiger partial charge in [0.05, 0.1) is 5.69 Å². The van der Waals surface area contributed by atoms with Crippen LogP contribution < -0.4 is 10.6 Å². The lowest BCUT2D eigenvalue weighted by Gasteiger charge is -2.09. The van der Waals surface area contributed by atoms with E-state index in [1.165, 1.54) is 11.6 Å². The molecule has 0 saturated carbocycles. The number of aromatic amines is 1. The largest absolute Gasteiger partial charge is 0.457 e. The SMILES string of the molecule is Cc1ccc(-c2ccc(/C=C/C(=O)NC(=S)Nc3ccc(Cc4c(C)n[nH]c4C)cc3)o2)cc1Cl. The number of anilines is 1. The second-order valence-electron chi connectivity index (χ2n) is 8.23. The molecule has 6 nitrogen and oxygen atoms in total. The molecule has 4 aromatic rings. The minimum atomic E-state index is -0.360. The Morgan fingerprint density at radius 3 is 2.57 bits per heavy atom. The fourth-order valence-electron chi connectivity index (χ4n) is 3.56. The summed E-state index contributed by atoms with van der Waals surface area (Å²) in [5.41, 5.74) is 7.10. The predicted molar refractivity (Wildman–Crippen MR) is 145 cm³/mol. The molecule has 0 radical (unpaired) electrons. The fourth-order valence-corrected chi connectivity index (χ4v) is 3.96. The van der Waals surface area contributed by atoms with Crippen LogP contribution in [0.15, 0.2) is 65.1 Å². The molecule has 0 unspecified atom stereocenters. The van der Waals surface area contributed by atoms with Crippen molar-refractivity contribution < 1.29 is 9.21 Å². The van der Waals surface area contributed by atoms with Crippen molar-refractivity contribution in [3.05, 3.63) is 99.5 Å². The molecule has 0 aliphatic rings. The molecule has 35 heavy (non-hydrogen) atoms. The Bertz CT molecular complexity index is 1380. The average molecular weight is 505 g/mol. The standard InChI is InChI=1S/C27H25ClN4O2S/c1-16-4-7-20(15-24(16)28)25-12-10-22(34-25)11-13-26(33)30-27(35)29-21-8-5-19(6-9-21)14-23-17(2)31-32-18(23)3/h4-13,15H,14H2,1-3H3,(H,31,32)(H2,29,30,33,35)/b13-11+. The minimum absolute atomic E-state index is 0.211. The van der Waals surface area contributed by atoms with Crippen molar-refractivity contribution in [2.75, 3.05) is 5.32 Å². The highest BCUT2D eigenvalue weighted by Crippen LogP contribution is 2.27. The summed E-state index contributed by atoms with van der Waals surface area (Å²) in [5, 5.41) is 13.8. The van der Waals surface area contributed by atoms with Gasteiger partial charge < -0.3 is 9.73 Å². The second kappa shape index (κ2) is 10.7. The Hall–Kier alpha value is -3.68. The minimum Gasteiger partial charge on any atom is -0.457 e. The van der Waals surface area contributed by atoms with E-state index in [1.54, 1.807) is 12.1 Å². The average Bonchev–Trinajstić information content (AvgIpc) is 3.43. The number of carbonyl (C=O) groups excluding carboxylic acids is 1. The van der Waals surface area contributed by atoms with Crippen LogP contribution in [-0.4, -0.2) is 21.2 Å². The summed E-state index contributed by atoms with van der Waals surface area (Å²) in [6, 6.07) is 17.3. The van der Waals surface area contributed by atoms with E-state index < -0.39 is 0 Å². The lowest BCUT2D eigenvalue weighted by molar-refractivity contribution is -0.115. The molecule has 0 fully saturated rings. The lowest BCUT2D eigenvalue weighted by Crippen LogP contribution is -2.32. The van der Waals surface area contributed by atoms with Crippen LogP contribution in [0, 0.1) is 20.8 Å². The number of nitrogens with zero attached hydrogens (tertiary/aromatic N) is 1. The highest BCUT2D eigenvalue weighted by Gasteiger charge is 2.09. The first-order chi connectivity index (χ1) is 16.8. The molecule has 2 aromatic carbocycles. The van der Waals surface area contributed by atoms with Gasteiger partial charge in [0.2, 0.25) is 5.91 Å². The molecule has 3 N–H and O–H groups in total. The highest BCUT2D eigenvalue weighted by atomic mass is 35.5. The first-order valence-electron chi connectivity index (χ1n) is 11.0. The maximum Gasteiger partial charge on any atom is 0.250 e. The molecule has 0 saturated heterocycles. The molecule has 2 heterocycles. The van der Waals surface area contributed by atoms with E-state index in [0.29, 0.717) is 16.5 Å². The molecule has 8 heteroatoms. The van der Waals surface area contributed by atoms with Gasteiger partial charge in [0.1, 0.15) is 11.5 Å². The summed E-state index contributed by atoms with van der Waals surface area (Å²) in [5.74, 6) is 0.858. The van der Waals surface area contributed by atoms with E-state index in [2.05, 4.69) is 20.8 Å². The maximum absolute atomic E-state index is 12.3. The van der Waals surface area contributed by atoms with E-state index in [9.17, 15) is 4.79 Å². The van der Waals surface area contributed by atoms with Crippen LogP contribution in [0.4, 0.5) is 5.69 Å². The summed E-state index contributed by atoms with van der Waals surface area (Å²) >= 11 is 11.5. The zero-order chi connectivity index (χ0) is 24.9. The molecule has 0 spiro atoms. The van der Waals surface area contributed by atoms with Crippen LogP contribution in [-0.2, 0) is 11.2 Å². The summed E-state index contributed by atoms with van der Waals surface area (Å²) in [4.78, 5) is 12.3. The molecule has 178 valence electrons. The molecular formula is C27H25ClN4O2S. The van der Waals surface area contributed by atoms with Gasteiger partial charge >= 0.3 is 0 Å². The van der Waals surface area contributed by atoms with Crippen LogP contribution in [0.25, 0.3) is 17.4 Å². The third kappa shape index (κ3) is 6.26. The number of carbonyl (C=O) groups is 1. The lowest BCUT2D eigenvalue weighted by atomic mass is 10.0. The highest BCUT2D eigenvalue weighted by molar-refractivity contribution is 7.80. The Morgan fingerprint density at radius 1 is 1.11 bits per heavy atom. The maximum atomic E-state index is 12.3. The van der Waals surface area contributed by atoms with Crippen LogP contribution in [0.2, 0.25) is 5.02 Å². The molecule has 0 aliphatic heterocycles. The Kier molecular flexibility index (Phi) is 7.48. The molecule has 1 amide bonds. The van der Waals surface area contributed by atoms with Crippen molar-refractivity contribution in [1.29, 1.82) is 0 Å². The van der Waals surface area contributed by atoms with Crippen molar-refractivity contribution >= 4 is 46.6 Å². The number of amides is 1. The zero-order valence-electron chi connectivity index (χ0n) is 19.6. The fraction of sp³-hybridized carbons (Fsp3) is 0.148. The first-order valence-corrected chi connectivity index (χ1v) is 11.8. The van der Waals surface area contributed by atoms with Crippen molar-refractivity contribution in [3.63, 3.8) is 0 Å². The van der Waals surface area contributed by atoms with Gasteiger partial charge in [0.15, 0.2) is 5.11 Å². The van der Waals surface area contributed by atoms with E-state index in [0.717, 1.165) is 40.2 Å². The van der Waals surface area contributed by atoms with Gasteiger partial charge in [-0.25, -0.2) is 0 Å². The Balaban J connectivity index is 1.30. The van der Waals surface area contributed by atoms with Gasteiger partial charge in [-0.15, -0.1) is 0 Å². The van der Waals surface area contributed by atoms with E-state index in [-0.39, 0.29) is 11.0 Å². The summed E-state index contributed by atoms with van der Waals surface area (Å²) in [6.07, 6.45) is 3.76. The number of hydrogen-bond acceptors (Lipinski definition) is 4. The first kappa shape index (κ1) is 24.4. The predicted octanol–water partition coefficient (Wildman–Crippen LogP) is 6.37. The third-order valence-electron chi connectivity index (χ3n) is 5.59. The van der Waals surface area contributed by atoms with Crippen molar-refractivity contribution in [1.82, 2.24) is 15.5 Å². The molecular weight excluding hydrogens is 480 g/mol. The van der Waals surface area contributed by atoms with Crippen LogP contribution in [0.1, 0.15) is 33.8 Å². The number of aromatic nitrogens is 2. The Morgan fingerprint density at radius 2 is 1.89 bits per heavy atom. The van der Waals surface area contributed by atoms with Crippen LogP contribution in [0.3, 0.4) is 0 Å². The summed E-state index contributed by atoms with van der Waals surface area (Å²) < 4.78 is 5.80. The molecule has 0 aliphatic carbocycles. The zero-order valence-corrected chi connectivity index (χ0v) is 21.2. The Labute approximate surface area is 214 Å². The quantitative estimate of drug-likeness (QED) is 0.210. The molecule has 2 aromatic heterocycles. The van der Waals surface area contributed by atoms with Gasteiger partial charge in [-0.1, -0.05) is 35.9 Å². The molecule has 0 bridgehead atoms. The van der Waals surface area contributed by atoms with E-state index >= 15 is 0 Å². The molecule has 4 rings (SSSR count). The van der Waals surface area contributed by atoms with Crippen molar-refractivity contribution in [2.45, 2.75) is 27.2 Å². The number of benzene rings is 2. The number of rotatable bonds is 6. The monoisotopic (exact) mass is 504 g/mol. The van der Waals surface area contributed by atoms with Gasteiger partial charge in [-0.05, 0) is 80.5 Å². The van der Waals surface area contributed by atoms with Gasteiger partial charge in [-0.3, -0.25) is 15.2 Å². The van der Waals surface area contributed by atoms with Gasteiger partial charge in [0, 0.05) is 40.0 Å². The number of hydrogen-bond donors (Lipinski definition) is 3. The number of thiocarbonyl (C=S) groups is 1. The van der Waals surface area contributed by atoms with Crippen molar-refractivity contribution in [2.24, 2.45) is 0 Å². The third-order valence-corrected chi connectivity index (χ3v) is 6.20. The second-order valence-corrected chi connectivity index (χ2v) is 9.04. The number of nitrogens with one attached hydrogen (secondary N) is 3. The van der Waals surface area contributed by atoms with Crippen molar-refractivity contribution in [3.8, 4) is 11.3 Å². The molecule has 0 atom stereocenters.